The quantitative estimate of drug-likeness (QED) is 0.600. The minimum atomic E-state index is -0.356. The molecule has 2 rings (SSSR count). The fourth-order valence-corrected chi connectivity index (χ4v) is 2.95. The highest BCUT2D eigenvalue weighted by Crippen LogP contribution is 2.27. The molecule has 0 radical (unpaired) electrons. The van der Waals surface area contributed by atoms with Crippen molar-refractivity contribution >= 4 is 23.2 Å². The van der Waals surface area contributed by atoms with E-state index in [1.807, 2.05) is 30.3 Å². The Morgan fingerprint density at radius 2 is 1.55 bits per heavy atom. The van der Waals surface area contributed by atoms with Crippen LogP contribution in [-0.4, -0.2) is 39.1 Å². The summed E-state index contributed by atoms with van der Waals surface area (Å²) in [6.45, 7) is 6.33. The van der Waals surface area contributed by atoms with Gasteiger partial charge in [-0.05, 0) is 55.8 Å². The molecule has 0 spiro atoms. The first-order valence-electron chi connectivity index (χ1n) is 9.63. The van der Waals surface area contributed by atoms with E-state index < -0.39 is 0 Å². The highest BCUT2D eigenvalue weighted by molar-refractivity contribution is 6.03. The molecule has 0 aliphatic carbocycles. The van der Waals surface area contributed by atoms with Crippen molar-refractivity contribution in [2.24, 2.45) is 0 Å². The summed E-state index contributed by atoms with van der Waals surface area (Å²) < 4.78 is 10.4. The van der Waals surface area contributed by atoms with Crippen LogP contribution in [0.25, 0.3) is 0 Å². The van der Waals surface area contributed by atoms with Crippen LogP contribution in [0.2, 0.25) is 0 Å². The summed E-state index contributed by atoms with van der Waals surface area (Å²) in [5, 5.41) is 5.49. The number of ether oxygens (including phenoxy) is 2. The fourth-order valence-electron chi connectivity index (χ4n) is 2.95. The zero-order chi connectivity index (χ0) is 21.2. The van der Waals surface area contributed by atoms with Crippen LogP contribution in [-0.2, 0) is 16.1 Å². The van der Waals surface area contributed by atoms with Gasteiger partial charge in [0.25, 0.3) is 0 Å². The van der Waals surface area contributed by atoms with Gasteiger partial charge in [0, 0.05) is 31.0 Å². The standard InChI is InChI=1S/C22H29N3O4/c1-5-25(6-2)18-10-8-17(9-11-18)24-22(27)14-21(26)23-15-16-7-12-19(28-3)20(13-16)29-4/h7-13H,5-6,14-15H2,1-4H3,(H,23,26)(H,24,27). The van der Waals surface area contributed by atoms with Crippen LogP contribution in [0.5, 0.6) is 11.5 Å². The summed E-state index contributed by atoms with van der Waals surface area (Å²) in [5.41, 5.74) is 2.61. The predicted molar refractivity (Wildman–Crippen MR) is 115 cm³/mol. The van der Waals surface area contributed by atoms with Gasteiger partial charge in [-0.2, -0.15) is 0 Å². The second-order valence-corrected chi connectivity index (χ2v) is 6.41. The van der Waals surface area contributed by atoms with Crippen LogP contribution in [0.15, 0.2) is 42.5 Å². The van der Waals surface area contributed by atoms with E-state index in [1.165, 1.54) is 0 Å². The largest absolute Gasteiger partial charge is 0.493 e. The molecule has 156 valence electrons. The Balaban J connectivity index is 1.84. The number of hydrogen-bond donors (Lipinski definition) is 2. The first-order valence-corrected chi connectivity index (χ1v) is 9.63. The minimum absolute atomic E-state index is 0.245. The summed E-state index contributed by atoms with van der Waals surface area (Å²) in [5.74, 6) is 0.501. The van der Waals surface area contributed by atoms with Crippen molar-refractivity contribution in [3.05, 3.63) is 48.0 Å². The number of nitrogens with zero attached hydrogens (tertiary/aromatic N) is 1. The Morgan fingerprint density at radius 3 is 2.14 bits per heavy atom. The van der Waals surface area contributed by atoms with E-state index in [1.54, 1.807) is 26.4 Å². The highest BCUT2D eigenvalue weighted by atomic mass is 16.5. The zero-order valence-electron chi connectivity index (χ0n) is 17.5. The lowest BCUT2D eigenvalue weighted by Gasteiger charge is -2.21. The summed E-state index contributed by atoms with van der Waals surface area (Å²) in [6, 6.07) is 13.0. The van der Waals surface area contributed by atoms with E-state index >= 15 is 0 Å². The maximum atomic E-state index is 12.1. The molecule has 0 heterocycles. The van der Waals surface area contributed by atoms with Crippen molar-refractivity contribution in [1.29, 1.82) is 0 Å². The van der Waals surface area contributed by atoms with Crippen molar-refractivity contribution in [1.82, 2.24) is 5.32 Å². The minimum Gasteiger partial charge on any atom is -0.493 e. The number of nitrogens with one attached hydrogen (secondary N) is 2. The molecule has 2 N–H and O–H groups in total. The van der Waals surface area contributed by atoms with Crippen molar-refractivity contribution in [3.63, 3.8) is 0 Å². The van der Waals surface area contributed by atoms with Crippen LogP contribution >= 0.6 is 0 Å². The number of benzene rings is 2. The summed E-state index contributed by atoms with van der Waals surface area (Å²) in [7, 11) is 3.12. The van der Waals surface area contributed by atoms with Gasteiger partial charge in [0.15, 0.2) is 11.5 Å². The number of rotatable bonds is 10. The molecule has 0 aromatic heterocycles. The van der Waals surface area contributed by atoms with Crippen LogP contribution < -0.4 is 25.0 Å². The second kappa shape index (κ2) is 10.9. The lowest BCUT2D eigenvalue weighted by Crippen LogP contribution is -2.27. The smallest absolute Gasteiger partial charge is 0.233 e. The van der Waals surface area contributed by atoms with Gasteiger partial charge in [0.05, 0.1) is 14.2 Å². The molecule has 0 fully saturated rings. The van der Waals surface area contributed by atoms with Gasteiger partial charge in [-0.1, -0.05) is 6.07 Å². The van der Waals surface area contributed by atoms with E-state index in [9.17, 15) is 9.59 Å². The topological polar surface area (TPSA) is 79.9 Å². The Kier molecular flexibility index (Phi) is 8.33. The third kappa shape index (κ3) is 6.41. The number of methoxy groups -OCH3 is 2. The molecule has 2 aromatic carbocycles. The Labute approximate surface area is 172 Å². The van der Waals surface area contributed by atoms with Crippen molar-refractivity contribution in [3.8, 4) is 11.5 Å². The molecule has 0 aliphatic rings. The zero-order valence-corrected chi connectivity index (χ0v) is 17.5. The summed E-state index contributed by atoms with van der Waals surface area (Å²) in [6.07, 6.45) is -0.245. The van der Waals surface area contributed by atoms with Gasteiger partial charge in [-0.25, -0.2) is 0 Å². The first kappa shape index (κ1) is 22.1. The average molecular weight is 399 g/mol. The van der Waals surface area contributed by atoms with Gasteiger partial charge in [-0.3, -0.25) is 9.59 Å². The number of hydrogen-bond acceptors (Lipinski definition) is 5. The second-order valence-electron chi connectivity index (χ2n) is 6.41. The number of carbonyl (C=O) groups excluding carboxylic acids is 2. The van der Waals surface area contributed by atoms with E-state index in [0.717, 1.165) is 24.3 Å². The van der Waals surface area contributed by atoms with Gasteiger partial charge in [0.1, 0.15) is 6.42 Å². The fraction of sp³-hybridized carbons (Fsp3) is 0.364. The van der Waals surface area contributed by atoms with E-state index in [4.69, 9.17) is 9.47 Å². The maximum Gasteiger partial charge on any atom is 0.233 e. The van der Waals surface area contributed by atoms with Crippen LogP contribution in [0, 0.1) is 0 Å². The molecular weight excluding hydrogens is 370 g/mol. The molecule has 2 aromatic rings. The summed E-state index contributed by atoms with van der Waals surface area (Å²) in [4.78, 5) is 26.4. The first-order chi connectivity index (χ1) is 14.0. The van der Waals surface area contributed by atoms with Crippen LogP contribution in [0.3, 0.4) is 0 Å². The Hall–Kier alpha value is -3.22. The molecule has 0 aliphatic heterocycles. The molecule has 7 heteroatoms. The molecule has 0 saturated heterocycles. The Bertz CT molecular complexity index is 817. The normalized spacial score (nSPS) is 10.2. The maximum absolute atomic E-state index is 12.1. The predicted octanol–water partition coefficient (Wildman–Crippen LogP) is 3.20. The van der Waals surface area contributed by atoms with E-state index in [2.05, 4.69) is 29.4 Å². The van der Waals surface area contributed by atoms with Gasteiger partial charge >= 0.3 is 0 Å². The number of anilines is 2. The number of carbonyl (C=O) groups is 2. The Morgan fingerprint density at radius 1 is 0.897 bits per heavy atom. The molecule has 0 bridgehead atoms. The van der Waals surface area contributed by atoms with E-state index in [0.29, 0.717) is 23.7 Å². The molecule has 2 amide bonds. The van der Waals surface area contributed by atoms with Crippen molar-refractivity contribution in [2.45, 2.75) is 26.8 Å². The third-order valence-corrected chi connectivity index (χ3v) is 4.54. The van der Waals surface area contributed by atoms with E-state index in [-0.39, 0.29) is 18.2 Å². The van der Waals surface area contributed by atoms with Crippen molar-refractivity contribution < 1.29 is 19.1 Å². The van der Waals surface area contributed by atoms with Gasteiger partial charge < -0.3 is 25.0 Å². The molecular formula is C22H29N3O4. The number of amides is 2. The third-order valence-electron chi connectivity index (χ3n) is 4.54. The molecule has 0 atom stereocenters. The molecule has 7 nitrogen and oxygen atoms in total. The molecule has 0 saturated carbocycles. The van der Waals surface area contributed by atoms with Crippen LogP contribution in [0.4, 0.5) is 11.4 Å². The summed E-state index contributed by atoms with van der Waals surface area (Å²) >= 11 is 0. The SMILES string of the molecule is CCN(CC)c1ccc(NC(=O)CC(=O)NCc2ccc(OC)c(OC)c2)cc1. The lowest BCUT2D eigenvalue weighted by molar-refractivity contribution is -0.126. The monoisotopic (exact) mass is 399 g/mol. The highest BCUT2D eigenvalue weighted by Gasteiger charge is 2.11. The lowest BCUT2D eigenvalue weighted by atomic mass is 10.2. The van der Waals surface area contributed by atoms with Crippen LogP contribution in [0.1, 0.15) is 25.8 Å². The van der Waals surface area contributed by atoms with Gasteiger partial charge in [0.2, 0.25) is 11.8 Å². The molecule has 29 heavy (non-hydrogen) atoms. The van der Waals surface area contributed by atoms with Crippen molar-refractivity contribution in [2.75, 3.05) is 37.5 Å². The molecule has 0 unspecified atom stereocenters. The van der Waals surface area contributed by atoms with Gasteiger partial charge in [-0.15, -0.1) is 0 Å². The average Bonchev–Trinajstić information content (AvgIpc) is 2.74.